The molecule has 2 rings (SSSR count). The Labute approximate surface area is 181 Å². The van der Waals surface area contributed by atoms with Crippen LogP contribution in [0, 0.1) is 5.82 Å². The fraction of sp³-hybridized carbons (Fsp3) is 0.364. The van der Waals surface area contributed by atoms with Gasteiger partial charge in [-0.2, -0.15) is 0 Å². The van der Waals surface area contributed by atoms with Crippen LogP contribution in [-0.4, -0.2) is 28.8 Å². The summed E-state index contributed by atoms with van der Waals surface area (Å²) in [7, 11) is 0. The van der Waals surface area contributed by atoms with Crippen molar-refractivity contribution in [2.45, 2.75) is 52.2 Å². The maximum absolute atomic E-state index is 14.1. The molecule has 2 aromatic carbocycles. The number of carbonyl (C=O) groups is 2. The number of halogens is 3. The number of hydrogen-bond donors (Lipinski definition) is 1. The molecule has 7 heteroatoms. The molecule has 0 heterocycles. The predicted octanol–water partition coefficient (Wildman–Crippen LogP) is 5.01. The van der Waals surface area contributed by atoms with Crippen molar-refractivity contribution in [2.24, 2.45) is 0 Å². The molecule has 156 valence electrons. The quantitative estimate of drug-likeness (QED) is 0.629. The second-order valence-corrected chi connectivity index (χ2v) is 7.94. The molecule has 0 aliphatic rings. The number of hydrogen-bond acceptors (Lipinski definition) is 2. The van der Waals surface area contributed by atoms with E-state index in [-0.39, 0.29) is 36.4 Å². The molecule has 0 spiro atoms. The maximum Gasteiger partial charge on any atom is 0.243 e. The van der Waals surface area contributed by atoms with Gasteiger partial charge in [0.15, 0.2) is 0 Å². The van der Waals surface area contributed by atoms with Gasteiger partial charge in [0.25, 0.3) is 0 Å². The Morgan fingerprint density at radius 3 is 2.38 bits per heavy atom. The number of carbonyl (C=O) groups excluding carboxylic acids is 2. The highest BCUT2D eigenvalue weighted by Crippen LogP contribution is 2.24. The van der Waals surface area contributed by atoms with Crippen molar-refractivity contribution in [3.05, 3.63) is 69.5 Å². The monoisotopic (exact) mass is 438 g/mol. The molecule has 0 radical (unpaired) electrons. The van der Waals surface area contributed by atoms with Crippen LogP contribution in [0.4, 0.5) is 4.39 Å². The summed E-state index contributed by atoms with van der Waals surface area (Å²) in [6, 6.07) is 10.4. The van der Waals surface area contributed by atoms with Crippen LogP contribution in [0.15, 0.2) is 42.5 Å². The number of amides is 2. The van der Waals surface area contributed by atoms with Gasteiger partial charge < -0.3 is 10.2 Å². The Hall–Kier alpha value is -2.11. The van der Waals surface area contributed by atoms with E-state index in [1.807, 2.05) is 20.8 Å². The molecule has 0 aliphatic carbocycles. The average molecular weight is 439 g/mol. The van der Waals surface area contributed by atoms with Crippen LogP contribution < -0.4 is 5.32 Å². The summed E-state index contributed by atoms with van der Waals surface area (Å²) in [5, 5.41) is 3.63. The summed E-state index contributed by atoms with van der Waals surface area (Å²) in [4.78, 5) is 27.3. The zero-order chi connectivity index (χ0) is 21.6. The molecular formula is C22H25Cl2FN2O2. The first-order chi connectivity index (χ1) is 13.7. The summed E-state index contributed by atoms with van der Waals surface area (Å²) in [6.45, 7) is 5.71. The van der Waals surface area contributed by atoms with Crippen molar-refractivity contribution in [3.63, 3.8) is 0 Å². The van der Waals surface area contributed by atoms with Crippen molar-refractivity contribution >= 4 is 35.0 Å². The molecule has 0 bridgehead atoms. The molecule has 0 aromatic heterocycles. The summed E-state index contributed by atoms with van der Waals surface area (Å²) in [5.41, 5.74) is 1.02. The van der Waals surface area contributed by atoms with E-state index in [4.69, 9.17) is 23.2 Å². The number of nitrogens with one attached hydrogen (secondary N) is 1. The molecule has 29 heavy (non-hydrogen) atoms. The molecule has 0 saturated heterocycles. The Morgan fingerprint density at radius 1 is 1.10 bits per heavy atom. The molecule has 2 amide bonds. The third-order valence-corrected chi connectivity index (χ3v) is 5.19. The van der Waals surface area contributed by atoms with Crippen molar-refractivity contribution < 1.29 is 14.0 Å². The molecule has 2 aromatic rings. The maximum atomic E-state index is 14.1. The van der Waals surface area contributed by atoms with Crippen molar-refractivity contribution in [2.75, 3.05) is 0 Å². The van der Waals surface area contributed by atoms with Gasteiger partial charge in [-0.05, 0) is 49.6 Å². The highest BCUT2D eigenvalue weighted by atomic mass is 35.5. The SMILES string of the molecule is CC[C@H](C(=O)NC(C)C)N(Cc1ccc(Cl)c(Cl)c1)C(=O)Cc1ccccc1F. The smallest absolute Gasteiger partial charge is 0.243 e. The van der Waals surface area contributed by atoms with Gasteiger partial charge in [-0.15, -0.1) is 0 Å². The van der Waals surface area contributed by atoms with Gasteiger partial charge in [-0.3, -0.25) is 9.59 Å². The largest absolute Gasteiger partial charge is 0.352 e. The van der Waals surface area contributed by atoms with E-state index in [0.29, 0.717) is 16.5 Å². The zero-order valence-corrected chi connectivity index (χ0v) is 18.2. The number of nitrogens with zero attached hydrogens (tertiary/aromatic N) is 1. The van der Waals surface area contributed by atoms with E-state index in [0.717, 1.165) is 5.56 Å². The first-order valence-electron chi connectivity index (χ1n) is 9.50. The molecule has 4 nitrogen and oxygen atoms in total. The van der Waals surface area contributed by atoms with Gasteiger partial charge in [0.2, 0.25) is 11.8 Å². The molecule has 0 aliphatic heterocycles. The third-order valence-electron chi connectivity index (χ3n) is 4.45. The van der Waals surface area contributed by atoms with Crippen molar-refractivity contribution in [3.8, 4) is 0 Å². The average Bonchev–Trinajstić information content (AvgIpc) is 2.65. The highest BCUT2D eigenvalue weighted by Gasteiger charge is 2.29. The lowest BCUT2D eigenvalue weighted by Gasteiger charge is -2.31. The van der Waals surface area contributed by atoms with Crippen LogP contribution in [-0.2, 0) is 22.6 Å². The molecule has 1 atom stereocenters. The lowest BCUT2D eigenvalue weighted by atomic mass is 10.1. The highest BCUT2D eigenvalue weighted by molar-refractivity contribution is 6.42. The lowest BCUT2D eigenvalue weighted by Crippen LogP contribution is -2.50. The molecule has 0 fully saturated rings. The zero-order valence-electron chi connectivity index (χ0n) is 16.7. The van der Waals surface area contributed by atoms with Gasteiger partial charge in [0.1, 0.15) is 11.9 Å². The van der Waals surface area contributed by atoms with Crippen molar-refractivity contribution in [1.82, 2.24) is 10.2 Å². The summed E-state index contributed by atoms with van der Waals surface area (Å²) >= 11 is 12.1. The van der Waals surface area contributed by atoms with Gasteiger partial charge >= 0.3 is 0 Å². The first kappa shape index (κ1) is 23.2. The Bertz CT molecular complexity index is 874. The van der Waals surface area contributed by atoms with E-state index < -0.39 is 11.9 Å². The fourth-order valence-corrected chi connectivity index (χ4v) is 3.36. The van der Waals surface area contributed by atoms with E-state index in [1.165, 1.54) is 11.0 Å². The second kappa shape index (κ2) is 10.6. The van der Waals surface area contributed by atoms with E-state index in [2.05, 4.69) is 5.32 Å². The van der Waals surface area contributed by atoms with Gasteiger partial charge in [-0.25, -0.2) is 4.39 Å². The summed E-state index contributed by atoms with van der Waals surface area (Å²) < 4.78 is 14.1. The van der Waals surface area contributed by atoms with Crippen LogP contribution in [0.2, 0.25) is 10.0 Å². The third kappa shape index (κ3) is 6.44. The molecule has 0 saturated carbocycles. The van der Waals surface area contributed by atoms with Gasteiger partial charge in [-0.1, -0.05) is 54.4 Å². The number of rotatable bonds is 8. The van der Waals surface area contributed by atoms with Crippen LogP contribution >= 0.6 is 23.2 Å². The van der Waals surface area contributed by atoms with Crippen LogP contribution in [0.5, 0.6) is 0 Å². The minimum absolute atomic E-state index is 0.0648. The first-order valence-corrected chi connectivity index (χ1v) is 10.3. The minimum Gasteiger partial charge on any atom is -0.352 e. The van der Waals surface area contributed by atoms with Gasteiger partial charge in [0.05, 0.1) is 16.5 Å². The molecular weight excluding hydrogens is 414 g/mol. The Kier molecular flexibility index (Phi) is 8.47. The summed E-state index contributed by atoms with van der Waals surface area (Å²) in [5.74, 6) is -1.04. The van der Waals surface area contributed by atoms with E-state index in [9.17, 15) is 14.0 Å². The van der Waals surface area contributed by atoms with E-state index in [1.54, 1.807) is 36.4 Å². The molecule has 1 N–H and O–H groups in total. The van der Waals surface area contributed by atoms with Gasteiger partial charge in [0, 0.05) is 12.6 Å². The fourth-order valence-electron chi connectivity index (χ4n) is 3.04. The Morgan fingerprint density at radius 2 is 1.79 bits per heavy atom. The van der Waals surface area contributed by atoms with E-state index >= 15 is 0 Å². The summed E-state index contributed by atoms with van der Waals surface area (Å²) in [6.07, 6.45) is 0.280. The van der Waals surface area contributed by atoms with Crippen molar-refractivity contribution in [1.29, 1.82) is 0 Å². The van der Waals surface area contributed by atoms with Crippen LogP contribution in [0.1, 0.15) is 38.3 Å². The van der Waals surface area contributed by atoms with Crippen LogP contribution in [0.25, 0.3) is 0 Å². The number of benzene rings is 2. The lowest BCUT2D eigenvalue weighted by molar-refractivity contribution is -0.141. The molecule has 0 unspecified atom stereocenters. The topological polar surface area (TPSA) is 49.4 Å². The minimum atomic E-state index is -0.689. The second-order valence-electron chi connectivity index (χ2n) is 7.13. The normalized spacial score (nSPS) is 12.0. The predicted molar refractivity (Wildman–Crippen MR) is 114 cm³/mol. The van der Waals surface area contributed by atoms with Crippen LogP contribution in [0.3, 0.4) is 0 Å². The standard InChI is InChI=1S/C22H25Cl2FN2O2/c1-4-20(22(29)26-14(2)3)27(13-15-9-10-17(23)18(24)11-15)21(28)12-16-7-5-6-8-19(16)25/h5-11,14,20H,4,12-13H2,1-3H3,(H,26,29)/t20-/m1/s1. The Balaban J connectivity index is 2.34.